The van der Waals surface area contributed by atoms with Crippen molar-refractivity contribution < 1.29 is 13.9 Å². The van der Waals surface area contributed by atoms with Crippen LogP contribution in [0.2, 0.25) is 0 Å². The molecule has 0 saturated carbocycles. The fourth-order valence-corrected chi connectivity index (χ4v) is 3.80. The molecule has 31 heavy (non-hydrogen) atoms. The Hall–Kier alpha value is -3.43. The van der Waals surface area contributed by atoms with Crippen molar-refractivity contribution >= 4 is 17.6 Å². The number of nitrogens with one attached hydrogen (secondary N) is 1. The Bertz CT molecular complexity index is 1200. The second-order valence-electron chi connectivity index (χ2n) is 8.71. The summed E-state index contributed by atoms with van der Waals surface area (Å²) in [4.78, 5) is 31.4. The van der Waals surface area contributed by atoms with Crippen LogP contribution in [0.1, 0.15) is 45.2 Å². The zero-order chi connectivity index (χ0) is 22.3. The molecule has 0 aliphatic carbocycles. The van der Waals surface area contributed by atoms with Crippen LogP contribution in [0.3, 0.4) is 0 Å². The number of aromatic nitrogens is 4. The first-order chi connectivity index (χ1) is 14.6. The summed E-state index contributed by atoms with van der Waals surface area (Å²) in [5.41, 5.74) is 0.0978. The maximum absolute atomic E-state index is 14.0. The molecule has 0 bridgehead atoms. The molecule has 0 unspecified atom stereocenters. The van der Waals surface area contributed by atoms with Gasteiger partial charge in [0.05, 0.1) is 12.2 Å². The van der Waals surface area contributed by atoms with E-state index in [1.807, 2.05) is 25.7 Å². The Morgan fingerprint density at radius 1 is 1.35 bits per heavy atom. The Balaban J connectivity index is 1.67. The summed E-state index contributed by atoms with van der Waals surface area (Å²) in [7, 11) is 1.54. The van der Waals surface area contributed by atoms with E-state index in [4.69, 9.17) is 4.74 Å². The topological polar surface area (TPSA) is 93.8 Å². The molecule has 10 heteroatoms. The third-order valence-corrected chi connectivity index (χ3v) is 5.09. The molecular weight excluding hydrogens is 403 g/mol. The van der Waals surface area contributed by atoms with Crippen LogP contribution < -0.4 is 20.5 Å². The Morgan fingerprint density at radius 2 is 2.13 bits per heavy atom. The van der Waals surface area contributed by atoms with Crippen molar-refractivity contribution in [2.75, 3.05) is 11.4 Å². The molecule has 1 N–H and O–H groups in total. The zero-order valence-corrected chi connectivity index (χ0v) is 17.9. The highest BCUT2D eigenvalue weighted by Gasteiger charge is 2.30. The number of nitrogens with zero attached hydrogens (tertiary/aromatic N) is 5. The largest absolute Gasteiger partial charge is 0.413 e. The van der Waals surface area contributed by atoms with E-state index >= 15 is 0 Å². The molecule has 164 valence electrons. The maximum Gasteiger partial charge on any atom is 0.413 e. The van der Waals surface area contributed by atoms with Gasteiger partial charge < -0.3 is 19.5 Å². The van der Waals surface area contributed by atoms with Gasteiger partial charge in [0.25, 0.3) is 5.56 Å². The number of hydrogen-bond donors (Lipinski definition) is 1. The van der Waals surface area contributed by atoms with Gasteiger partial charge in [0, 0.05) is 37.1 Å². The van der Waals surface area contributed by atoms with Gasteiger partial charge in [0.15, 0.2) is 5.75 Å². The van der Waals surface area contributed by atoms with Gasteiger partial charge in [-0.25, -0.2) is 18.7 Å². The van der Waals surface area contributed by atoms with Gasteiger partial charge in [-0.1, -0.05) is 0 Å². The second-order valence-corrected chi connectivity index (χ2v) is 8.71. The molecule has 1 saturated heterocycles. The fourth-order valence-electron chi connectivity index (χ4n) is 3.80. The van der Waals surface area contributed by atoms with E-state index in [0.29, 0.717) is 30.0 Å². The van der Waals surface area contributed by atoms with Gasteiger partial charge in [-0.15, -0.1) is 0 Å². The number of fused-ring (bicyclic) bond motifs is 1. The minimum atomic E-state index is -0.600. The summed E-state index contributed by atoms with van der Waals surface area (Å²) in [6.45, 7) is 6.23. The van der Waals surface area contributed by atoms with Crippen molar-refractivity contribution in [1.29, 1.82) is 0 Å². The molecule has 1 fully saturated rings. The lowest BCUT2D eigenvalue weighted by atomic mass is 10.1. The molecule has 1 aliphatic rings. The van der Waals surface area contributed by atoms with Crippen LogP contribution in [0.4, 0.5) is 15.0 Å². The van der Waals surface area contributed by atoms with Crippen molar-refractivity contribution in [3.63, 3.8) is 0 Å². The SMILES string of the molecule is Cn1cc(F)cc([C@H]2CCCN2c2ccn3ncc(OC(=O)NC(C)(C)C)c3n2)c1=O. The first kappa shape index (κ1) is 20.8. The van der Waals surface area contributed by atoms with E-state index in [2.05, 4.69) is 15.4 Å². The van der Waals surface area contributed by atoms with E-state index in [-0.39, 0.29) is 17.4 Å². The lowest BCUT2D eigenvalue weighted by Crippen LogP contribution is -2.42. The average Bonchev–Trinajstić information content (AvgIpc) is 3.30. The quantitative estimate of drug-likeness (QED) is 0.690. The first-order valence-corrected chi connectivity index (χ1v) is 10.1. The Kier molecular flexibility index (Phi) is 5.16. The van der Waals surface area contributed by atoms with Crippen molar-refractivity contribution in [3.8, 4) is 5.75 Å². The number of carbonyl (C=O) groups excluding carboxylic acids is 1. The van der Waals surface area contributed by atoms with Crippen molar-refractivity contribution in [2.45, 2.75) is 45.2 Å². The minimum absolute atomic E-state index is 0.223. The highest BCUT2D eigenvalue weighted by Crippen LogP contribution is 2.34. The van der Waals surface area contributed by atoms with Crippen LogP contribution in [-0.4, -0.2) is 37.3 Å². The molecule has 9 nitrogen and oxygen atoms in total. The molecule has 0 radical (unpaired) electrons. The van der Waals surface area contributed by atoms with E-state index in [0.717, 1.165) is 6.42 Å². The van der Waals surface area contributed by atoms with Crippen molar-refractivity contribution in [3.05, 3.63) is 52.5 Å². The monoisotopic (exact) mass is 428 g/mol. The highest BCUT2D eigenvalue weighted by atomic mass is 19.1. The number of rotatable bonds is 3. The molecule has 1 aliphatic heterocycles. The number of halogens is 1. The summed E-state index contributed by atoms with van der Waals surface area (Å²) in [6.07, 6.45) is 5.27. The van der Waals surface area contributed by atoms with Crippen LogP contribution in [0.5, 0.6) is 5.75 Å². The van der Waals surface area contributed by atoms with Crippen LogP contribution in [0.25, 0.3) is 5.65 Å². The highest BCUT2D eigenvalue weighted by molar-refractivity contribution is 5.74. The van der Waals surface area contributed by atoms with Gasteiger partial charge in [0.1, 0.15) is 11.6 Å². The number of ether oxygens (including phenoxy) is 1. The minimum Gasteiger partial charge on any atom is -0.405 e. The predicted octanol–water partition coefficient (Wildman–Crippen LogP) is 2.80. The van der Waals surface area contributed by atoms with Crippen LogP contribution >= 0.6 is 0 Å². The number of pyridine rings is 1. The van der Waals surface area contributed by atoms with E-state index in [1.165, 1.54) is 34.6 Å². The summed E-state index contributed by atoms with van der Waals surface area (Å²) < 4.78 is 22.2. The van der Waals surface area contributed by atoms with Gasteiger partial charge in [-0.05, 0) is 45.7 Å². The smallest absolute Gasteiger partial charge is 0.405 e. The molecule has 4 rings (SSSR count). The molecule has 1 amide bonds. The molecule has 3 aromatic heterocycles. The fraction of sp³-hybridized carbons (Fsp3) is 0.429. The molecule has 0 spiro atoms. The van der Waals surface area contributed by atoms with Crippen molar-refractivity contribution in [2.24, 2.45) is 7.05 Å². The summed E-state index contributed by atoms with van der Waals surface area (Å²) in [5, 5.41) is 6.91. The van der Waals surface area contributed by atoms with Crippen LogP contribution in [0.15, 0.2) is 35.5 Å². The number of amides is 1. The Morgan fingerprint density at radius 3 is 2.87 bits per heavy atom. The average molecular weight is 428 g/mol. The van der Waals surface area contributed by atoms with Gasteiger partial charge >= 0.3 is 6.09 Å². The van der Waals surface area contributed by atoms with E-state index in [9.17, 15) is 14.0 Å². The third-order valence-electron chi connectivity index (χ3n) is 5.09. The number of anilines is 1. The van der Waals surface area contributed by atoms with E-state index in [1.54, 1.807) is 12.3 Å². The molecule has 1 atom stereocenters. The van der Waals surface area contributed by atoms with Crippen LogP contribution in [-0.2, 0) is 7.05 Å². The molecule has 3 aromatic rings. The summed E-state index contributed by atoms with van der Waals surface area (Å²) >= 11 is 0. The summed E-state index contributed by atoms with van der Waals surface area (Å²) in [5.74, 6) is 0.368. The second kappa shape index (κ2) is 7.68. The standard InChI is InChI=1S/C21H25FN6O3/c1-21(2,3)25-20(30)31-16-11-23-28-9-7-17(24-18(16)28)27-8-5-6-15(27)14-10-13(22)12-26(4)19(14)29/h7,9-12,15H,5-6,8H2,1-4H3,(H,25,30)/t15-/m1/s1. The van der Waals surface area contributed by atoms with Crippen LogP contribution in [0, 0.1) is 5.82 Å². The lowest BCUT2D eigenvalue weighted by molar-refractivity contribution is 0.191. The Labute approximate surface area is 178 Å². The zero-order valence-electron chi connectivity index (χ0n) is 17.9. The molecular formula is C21H25FN6O3. The number of carbonyl (C=O) groups is 1. The predicted molar refractivity (Wildman–Crippen MR) is 113 cm³/mol. The summed E-state index contributed by atoms with van der Waals surface area (Å²) in [6, 6.07) is 2.79. The third kappa shape index (κ3) is 4.23. The van der Waals surface area contributed by atoms with Gasteiger partial charge in [-0.3, -0.25) is 4.79 Å². The first-order valence-electron chi connectivity index (χ1n) is 10.1. The van der Waals surface area contributed by atoms with Gasteiger partial charge in [0.2, 0.25) is 5.65 Å². The lowest BCUT2D eigenvalue weighted by Gasteiger charge is -2.26. The number of hydrogen-bond acceptors (Lipinski definition) is 6. The number of aryl methyl sites for hydroxylation is 1. The maximum atomic E-state index is 14.0. The van der Waals surface area contributed by atoms with Gasteiger partial charge in [-0.2, -0.15) is 5.10 Å². The molecule has 0 aromatic carbocycles. The van der Waals surface area contributed by atoms with E-state index < -0.39 is 17.4 Å². The molecule has 4 heterocycles. The van der Waals surface area contributed by atoms with Crippen molar-refractivity contribution in [1.82, 2.24) is 24.5 Å². The normalized spacial score (nSPS) is 16.7.